The van der Waals surface area contributed by atoms with Gasteiger partial charge in [-0.1, -0.05) is 37.6 Å². The predicted octanol–water partition coefficient (Wildman–Crippen LogP) is 1.70. The lowest BCUT2D eigenvalue weighted by Crippen LogP contribution is -2.37. The van der Waals surface area contributed by atoms with Crippen molar-refractivity contribution in [3.8, 4) is 0 Å². The Bertz CT molecular complexity index is 376. The number of hydrogen-bond donors (Lipinski definition) is 3. The van der Waals surface area contributed by atoms with Crippen LogP contribution in [0.25, 0.3) is 0 Å². The van der Waals surface area contributed by atoms with Crippen LogP contribution >= 0.6 is 0 Å². The zero-order chi connectivity index (χ0) is 13.5. The van der Waals surface area contributed by atoms with Crippen molar-refractivity contribution in [3.63, 3.8) is 0 Å². The van der Waals surface area contributed by atoms with Crippen molar-refractivity contribution in [2.24, 2.45) is 5.73 Å². The van der Waals surface area contributed by atoms with E-state index < -0.39 is 12.0 Å². The van der Waals surface area contributed by atoms with Gasteiger partial charge in [0.05, 0.1) is 6.42 Å². The first kappa shape index (κ1) is 14.7. The maximum atomic E-state index is 10.7. The summed E-state index contributed by atoms with van der Waals surface area (Å²) < 4.78 is 0. The number of nitrogens with one attached hydrogen (secondary N) is 1. The van der Waals surface area contributed by atoms with Gasteiger partial charge in [0.25, 0.3) is 0 Å². The van der Waals surface area contributed by atoms with Crippen LogP contribution in [0.15, 0.2) is 24.3 Å². The van der Waals surface area contributed by atoms with E-state index in [4.69, 9.17) is 10.8 Å². The largest absolute Gasteiger partial charge is 0.481 e. The molecule has 0 radical (unpaired) electrons. The molecule has 0 aliphatic rings. The van der Waals surface area contributed by atoms with E-state index in [-0.39, 0.29) is 12.5 Å². The third-order valence-corrected chi connectivity index (χ3v) is 3.03. The van der Waals surface area contributed by atoms with Gasteiger partial charge in [0, 0.05) is 12.1 Å². The van der Waals surface area contributed by atoms with E-state index in [1.807, 2.05) is 12.1 Å². The minimum atomic E-state index is -0.870. The molecule has 0 fully saturated rings. The molecule has 4 heteroatoms. The van der Waals surface area contributed by atoms with Crippen LogP contribution in [0.2, 0.25) is 0 Å². The normalized spacial score (nSPS) is 14.2. The fourth-order valence-electron chi connectivity index (χ4n) is 2.13. The van der Waals surface area contributed by atoms with Gasteiger partial charge >= 0.3 is 5.97 Å². The highest BCUT2D eigenvalue weighted by molar-refractivity contribution is 5.67. The molecular weight excluding hydrogens is 228 g/mol. The molecule has 18 heavy (non-hydrogen) atoms. The highest BCUT2D eigenvalue weighted by atomic mass is 16.4. The first-order valence-corrected chi connectivity index (χ1v) is 6.32. The molecule has 0 saturated carbocycles. The monoisotopic (exact) mass is 250 g/mol. The summed E-state index contributed by atoms with van der Waals surface area (Å²) in [7, 11) is 1.80. The van der Waals surface area contributed by atoms with Gasteiger partial charge in [0.1, 0.15) is 0 Å². The van der Waals surface area contributed by atoms with Crippen LogP contribution in [0.1, 0.15) is 36.9 Å². The summed E-state index contributed by atoms with van der Waals surface area (Å²) in [6.07, 6.45) is 2.14. The quantitative estimate of drug-likeness (QED) is 0.688. The van der Waals surface area contributed by atoms with Crippen molar-refractivity contribution in [2.45, 2.75) is 38.3 Å². The number of carbonyl (C=O) groups is 1. The molecule has 0 aliphatic carbocycles. The van der Waals surface area contributed by atoms with Crippen LogP contribution in [-0.2, 0) is 11.2 Å². The Morgan fingerprint density at radius 1 is 1.39 bits per heavy atom. The van der Waals surface area contributed by atoms with E-state index >= 15 is 0 Å². The SMILES string of the molecule is CCCc1ccc(C(NC)C(N)CC(=O)O)cc1. The lowest BCUT2D eigenvalue weighted by Gasteiger charge is -2.22. The summed E-state index contributed by atoms with van der Waals surface area (Å²) in [5.74, 6) is -0.870. The predicted molar refractivity (Wildman–Crippen MR) is 72.5 cm³/mol. The standard InChI is InChI=1S/C14H22N2O2/c1-3-4-10-5-7-11(8-6-10)14(16-2)12(15)9-13(17)18/h5-8,12,14,16H,3-4,9,15H2,1-2H3,(H,17,18). The summed E-state index contributed by atoms with van der Waals surface area (Å²) in [5.41, 5.74) is 8.24. The second kappa shape index (κ2) is 7.13. The average Bonchev–Trinajstić information content (AvgIpc) is 2.31. The number of carboxylic acid groups (broad SMARTS) is 1. The average molecular weight is 250 g/mol. The molecule has 0 saturated heterocycles. The number of benzene rings is 1. The minimum Gasteiger partial charge on any atom is -0.481 e. The summed E-state index contributed by atoms with van der Waals surface area (Å²) in [6.45, 7) is 2.15. The maximum Gasteiger partial charge on any atom is 0.304 e. The van der Waals surface area contributed by atoms with Gasteiger partial charge in [-0.25, -0.2) is 0 Å². The zero-order valence-electron chi connectivity index (χ0n) is 11.0. The second-order valence-corrected chi connectivity index (χ2v) is 4.52. The zero-order valence-corrected chi connectivity index (χ0v) is 11.0. The molecule has 0 spiro atoms. The molecule has 1 aromatic rings. The van der Waals surface area contributed by atoms with E-state index in [9.17, 15) is 4.79 Å². The Labute approximate surface area is 108 Å². The molecule has 0 amide bonds. The fourth-order valence-corrected chi connectivity index (χ4v) is 2.13. The van der Waals surface area contributed by atoms with Gasteiger partial charge in [0.2, 0.25) is 0 Å². The minimum absolute atomic E-state index is 0.0395. The van der Waals surface area contributed by atoms with Crippen molar-refractivity contribution in [1.29, 1.82) is 0 Å². The van der Waals surface area contributed by atoms with Crippen LogP contribution in [0.3, 0.4) is 0 Å². The molecule has 0 heterocycles. The Hall–Kier alpha value is -1.39. The van der Waals surface area contributed by atoms with Crippen LogP contribution in [-0.4, -0.2) is 24.2 Å². The summed E-state index contributed by atoms with van der Waals surface area (Å²) in [5, 5.41) is 11.9. The molecule has 1 aromatic carbocycles. The van der Waals surface area contributed by atoms with Gasteiger partial charge in [-0.2, -0.15) is 0 Å². The number of rotatable bonds is 7. The molecular formula is C14H22N2O2. The van der Waals surface area contributed by atoms with E-state index in [0.29, 0.717) is 0 Å². The maximum absolute atomic E-state index is 10.7. The first-order valence-electron chi connectivity index (χ1n) is 6.32. The van der Waals surface area contributed by atoms with Gasteiger partial charge in [-0.3, -0.25) is 4.79 Å². The highest BCUT2D eigenvalue weighted by Crippen LogP contribution is 2.18. The summed E-state index contributed by atoms with van der Waals surface area (Å²) >= 11 is 0. The molecule has 0 aromatic heterocycles. The fraction of sp³-hybridized carbons (Fsp3) is 0.500. The molecule has 1 rings (SSSR count). The molecule has 100 valence electrons. The van der Waals surface area contributed by atoms with E-state index in [1.54, 1.807) is 7.05 Å². The van der Waals surface area contributed by atoms with Crippen LogP contribution < -0.4 is 11.1 Å². The molecule has 4 N–H and O–H groups in total. The van der Waals surface area contributed by atoms with Crippen molar-refractivity contribution >= 4 is 5.97 Å². The van der Waals surface area contributed by atoms with E-state index in [1.165, 1.54) is 5.56 Å². The number of aryl methyl sites for hydroxylation is 1. The Morgan fingerprint density at radius 2 is 2.00 bits per heavy atom. The van der Waals surface area contributed by atoms with Gasteiger partial charge in [0.15, 0.2) is 0 Å². The Balaban J connectivity index is 2.78. The molecule has 2 unspecified atom stereocenters. The lowest BCUT2D eigenvalue weighted by atomic mass is 9.96. The third kappa shape index (κ3) is 4.13. The lowest BCUT2D eigenvalue weighted by molar-refractivity contribution is -0.137. The van der Waals surface area contributed by atoms with Crippen molar-refractivity contribution in [1.82, 2.24) is 5.32 Å². The highest BCUT2D eigenvalue weighted by Gasteiger charge is 2.20. The number of nitrogens with two attached hydrogens (primary N) is 1. The smallest absolute Gasteiger partial charge is 0.304 e. The topological polar surface area (TPSA) is 75.3 Å². The number of likely N-dealkylation sites (N-methyl/N-ethyl adjacent to an activating group) is 1. The molecule has 0 bridgehead atoms. The summed E-state index contributed by atoms with van der Waals surface area (Å²) in [6, 6.07) is 7.65. The number of carboxylic acids is 1. The number of hydrogen-bond acceptors (Lipinski definition) is 3. The Morgan fingerprint density at radius 3 is 2.44 bits per heavy atom. The van der Waals surface area contributed by atoms with Crippen LogP contribution in [0.4, 0.5) is 0 Å². The molecule has 4 nitrogen and oxygen atoms in total. The molecule has 2 atom stereocenters. The first-order chi connectivity index (χ1) is 8.58. The summed E-state index contributed by atoms with van der Waals surface area (Å²) in [4.78, 5) is 10.7. The van der Waals surface area contributed by atoms with Crippen LogP contribution in [0, 0.1) is 0 Å². The third-order valence-electron chi connectivity index (χ3n) is 3.03. The van der Waals surface area contributed by atoms with Gasteiger partial charge in [-0.15, -0.1) is 0 Å². The van der Waals surface area contributed by atoms with Crippen LogP contribution in [0.5, 0.6) is 0 Å². The molecule has 0 aliphatic heterocycles. The van der Waals surface area contributed by atoms with Crippen molar-refractivity contribution in [2.75, 3.05) is 7.05 Å². The van der Waals surface area contributed by atoms with Crippen molar-refractivity contribution in [3.05, 3.63) is 35.4 Å². The van der Waals surface area contributed by atoms with Gasteiger partial charge < -0.3 is 16.2 Å². The van der Waals surface area contributed by atoms with Gasteiger partial charge in [-0.05, 0) is 24.6 Å². The number of aliphatic carboxylic acids is 1. The van der Waals surface area contributed by atoms with Crippen molar-refractivity contribution < 1.29 is 9.90 Å². The Kier molecular flexibility index (Phi) is 5.82. The van der Waals surface area contributed by atoms with E-state index in [2.05, 4.69) is 24.4 Å². The van der Waals surface area contributed by atoms with E-state index in [0.717, 1.165) is 18.4 Å². The second-order valence-electron chi connectivity index (χ2n) is 4.52.